The molecule has 0 aromatic heterocycles. The minimum absolute atomic E-state index is 0.0885. The van der Waals surface area contributed by atoms with Crippen LogP contribution in [0.15, 0.2) is 35.3 Å². The number of hydrogen-bond donors (Lipinski definition) is 3. The van der Waals surface area contributed by atoms with Crippen LogP contribution in [-0.2, 0) is 0 Å². The van der Waals surface area contributed by atoms with Gasteiger partial charge in [-0.05, 0) is 31.4 Å². The molecule has 4 N–H and O–H groups in total. The predicted molar refractivity (Wildman–Crippen MR) is 96.6 cm³/mol. The molecule has 1 rings (SSSR count). The fourth-order valence-corrected chi connectivity index (χ4v) is 2.24. The van der Waals surface area contributed by atoms with E-state index in [2.05, 4.69) is 36.4 Å². The van der Waals surface area contributed by atoms with Crippen molar-refractivity contribution in [2.75, 3.05) is 13.1 Å². The van der Waals surface area contributed by atoms with Crippen LogP contribution in [0.2, 0.25) is 0 Å². The highest BCUT2D eigenvalue weighted by Gasteiger charge is 2.04. The maximum atomic E-state index is 11.8. The molecule has 1 amide bonds. The first-order valence-electron chi connectivity index (χ1n) is 8.38. The van der Waals surface area contributed by atoms with Crippen molar-refractivity contribution in [2.24, 2.45) is 16.6 Å². The lowest BCUT2D eigenvalue weighted by atomic mass is 10.0. The smallest absolute Gasteiger partial charge is 0.251 e. The Morgan fingerprint density at radius 3 is 2.52 bits per heavy atom. The summed E-state index contributed by atoms with van der Waals surface area (Å²) in [5, 5.41) is 6.01. The lowest BCUT2D eigenvalue weighted by Gasteiger charge is -2.15. The Balaban J connectivity index is 2.19. The fraction of sp³-hybridized carbons (Fsp3) is 0.556. The zero-order chi connectivity index (χ0) is 17.1. The molecule has 0 fully saturated rings. The molecule has 0 spiro atoms. The van der Waals surface area contributed by atoms with E-state index in [4.69, 9.17) is 5.73 Å². The van der Waals surface area contributed by atoms with E-state index in [1.807, 2.05) is 18.2 Å². The van der Waals surface area contributed by atoms with E-state index in [0.717, 1.165) is 12.3 Å². The van der Waals surface area contributed by atoms with E-state index in [0.29, 0.717) is 30.7 Å². The summed E-state index contributed by atoms with van der Waals surface area (Å²) in [5.41, 5.74) is 6.51. The number of hydrogen-bond acceptors (Lipinski definition) is 2. The van der Waals surface area contributed by atoms with E-state index in [1.165, 1.54) is 12.8 Å². The number of nitrogens with zero attached hydrogens (tertiary/aromatic N) is 1. The quantitative estimate of drug-likeness (QED) is 0.372. The lowest BCUT2D eigenvalue weighted by Crippen LogP contribution is -2.39. The Labute approximate surface area is 139 Å². The Morgan fingerprint density at radius 2 is 1.87 bits per heavy atom. The summed E-state index contributed by atoms with van der Waals surface area (Å²) in [7, 11) is 0. The van der Waals surface area contributed by atoms with Gasteiger partial charge >= 0.3 is 0 Å². The molecule has 1 atom stereocenters. The van der Waals surface area contributed by atoms with Crippen LogP contribution in [0.25, 0.3) is 0 Å². The zero-order valence-corrected chi connectivity index (χ0v) is 14.5. The lowest BCUT2D eigenvalue weighted by molar-refractivity contribution is 0.0955. The molecule has 5 nitrogen and oxygen atoms in total. The van der Waals surface area contributed by atoms with Gasteiger partial charge in [-0.15, -0.1) is 0 Å². The van der Waals surface area contributed by atoms with Gasteiger partial charge in [-0.2, -0.15) is 0 Å². The van der Waals surface area contributed by atoms with E-state index in [9.17, 15) is 4.79 Å². The third kappa shape index (κ3) is 8.86. The molecule has 0 radical (unpaired) electrons. The summed E-state index contributed by atoms with van der Waals surface area (Å²) in [6, 6.07) is 9.46. The van der Waals surface area contributed by atoms with Gasteiger partial charge in [0.25, 0.3) is 5.91 Å². The number of guanidine groups is 1. The SMILES string of the molecule is CC(C)CCCC(C)NC(N)=NCCNC(=O)c1ccccc1. The Hall–Kier alpha value is -2.04. The molecule has 1 aromatic rings. The summed E-state index contributed by atoms with van der Waals surface area (Å²) in [6.07, 6.45) is 3.50. The molecule has 0 saturated carbocycles. The van der Waals surface area contributed by atoms with Crippen LogP contribution in [0.5, 0.6) is 0 Å². The van der Waals surface area contributed by atoms with Gasteiger partial charge in [0.05, 0.1) is 6.54 Å². The summed E-state index contributed by atoms with van der Waals surface area (Å²) in [6.45, 7) is 7.52. The van der Waals surface area contributed by atoms with Gasteiger partial charge in [-0.1, -0.05) is 44.9 Å². The van der Waals surface area contributed by atoms with E-state index in [-0.39, 0.29) is 5.91 Å². The van der Waals surface area contributed by atoms with Gasteiger partial charge in [-0.25, -0.2) is 0 Å². The van der Waals surface area contributed by atoms with Gasteiger partial charge in [0, 0.05) is 18.2 Å². The molecule has 1 aromatic carbocycles. The van der Waals surface area contributed by atoms with Crippen LogP contribution in [0.3, 0.4) is 0 Å². The minimum Gasteiger partial charge on any atom is -0.370 e. The standard InChI is InChI=1S/C18H30N4O/c1-14(2)8-7-9-15(3)22-18(19)21-13-12-20-17(23)16-10-5-4-6-11-16/h4-6,10-11,14-15H,7-9,12-13H2,1-3H3,(H,20,23)(H3,19,21,22). The highest BCUT2D eigenvalue weighted by molar-refractivity contribution is 5.94. The summed E-state index contributed by atoms with van der Waals surface area (Å²) < 4.78 is 0. The van der Waals surface area contributed by atoms with Crippen molar-refractivity contribution in [3.8, 4) is 0 Å². The molecule has 0 aliphatic carbocycles. The largest absolute Gasteiger partial charge is 0.370 e. The van der Waals surface area contributed by atoms with Crippen molar-refractivity contribution < 1.29 is 4.79 Å². The van der Waals surface area contributed by atoms with E-state index < -0.39 is 0 Å². The van der Waals surface area contributed by atoms with Crippen LogP contribution in [0.4, 0.5) is 0 Å². The molecule has 0 bridgehead atoms. The second-order valence-corrected chi connectivity index (χ2v) is 6.26. The molecular formula is C18H30N4O. The Morgan fingerprint density at radius 1 is 1.17 bits per heavy atom. The van der Waals surface area contributed by atoms with Crippen LogP contribution in [0, 0.1) is 5.92 Å². The van der Waals surface area contributed by atoms with Crippen molar-refractivity contribution >= 4 is 11.9 Å². The van der Waals surface area contributed by atoms with Crippen LogP contribution in [-0.4, -0.2) is 31.0 Å². The van der Waals surface area contributed by atoms with Crippen LogP contribution >= 0.6 is 0 Å². The average Bonchev–Trinajstić information content (AvgIpc) is 2.51. The molecule has 5 heteroatoms. The highest BCUT2D eigenvalue weighted by Crippen LogP contribution is 2.07. The van der Waals surface area contributed by atoms with Crippen molar-refractivity contribution in [1.29, 1.82) is 0 Å². The maximum Gasteiger partial charge on any atom is 0.251 e. The average molecular weight is 318 g/mol. The number of aliphatic imine (C=N–C) groups is 1. The molecule has 23 heavy (non-hydrogen) atoms. The predicted octanol–water partition coefficient (Wildman–Crippen LogP) is 2.54. The molecule has 0 heterocycles. The maximum absolute atomic E-state index is 11.8. The first-order chi connectivity index (χ1) is 11.0. The van der Waals surface area contributed by atoms with Crippen molar-refractivity contribution in [3.63, 3.8) is 0 Å². The van der Waals surface area contributed by atoms with E-state index in [1.54, 1.807) is 12.1 Å². The van der Waals surface area contributed by atoms with Crippen molar-refractivity contribution in [2.45, 2.75) is 46.1 Å². The van der Waals surface area contributed by atoms with Crippen LogP contribution < -0.4 is 16.4 Å². The first-order valence-corrected chi connectivity index (χ1v) is 8.38. The van der Waals surface area contributed by atoms with Crippen molar-refractivity contribution in [1.82, 2.24) is 10.6 Å². The molecular weight excluding hydrogens is 288 g/mol. The third-order valence-corrected chi connectivity index (χ3v) is 3.53. The van der Waals surface area contributed by atoms with Gasteiger partial charge in [0.2, 0.25) is 0 Å². The van der Waals surface area contributed by atoms with Gasteiger partial charge in [0.1, 0.15) is 0 Å². The molecule has 1 unspecified atom stereocenters. The normalized spacial score (nSPS) is 13.0. The van der Waals surface area contributed by atoms with Gasteiger partial charge in [-0.3, -0.25) is 9.79 Å². The summed E-state index contributed by atoms with van der Waals surface area (Å²) >= 11 is 0. The number of rotatable bonds is 9. The van der Waals surface area contributed by atoms with Gasteiger partial charge in [0.15, 0.2) is 5.96 Å². The summed E-state index contributed by atoms with van der Waals surface area (Å²) in [4.78, 5) is 16.1. The topological polar surface area (TPSA) is 79.5 Å². The zero-order valence-electron chi connectivity index (χ0n) is 14.5. The summed E-state index contributed by atoms with van der Waals surface area (Å²) in [5.74, 6) is 1.09. The highest BCUT2D eigenvalue weighted by atomic mass is 16.1. The number of amides is 1. The fourth-order valence-electron chi connectivity index (χ4n) is 2.24. The monoisotopic (exact) mass is 318 g/mol. The number of nitrogens with one attached hydrogen (secondary N) is 2. The minimum atomic E-state index is -0.0885. The second-order valence-electron chi connectivity index (χ2n) is 6.26. The Kier molecular flexibility index (Phi) is 8.80. The number of benzene rings is 1. The second kappa shape index (κ2) is 10.6. The van der Waals surface area contributed by atoms with Gasteiger partial charge < -0.3 is 16.4 Å². The first kappa shape index (κ1) is 19.0. The molecule has 0 aliphatic heterocycles. The van der Waals surface area contributed by atoms with Crippen molar-refractivity contribution in [3.05, 3.63) is 35.9 Å². The Bertz CT molecular complexity index is 485. The third-order valence-electron chi connectivity index (χ3n) is 3.53. The molecule has 128 valence electrons. The van der Waals surface area contributed by atoms with E-state index >= 15 is 0 Å². The molecule has 0 aliphatic rings. The van der Waals surface area contributed by atoms with Crippen LogP contribution in [0.1, 0.15) is 50.4 Å². The molecule has 0 saturated heterocycles. The number of nitrogens with two attached hydrogens (primary N) is 1. The number of carbonyl (C=O) groups is 1. The number of carbonyl (C=O) groups excluding carboxylic acids is 1.